The third kappa shape index (κ3) is 3.24. The van der Waals surface area contributed by atoms with E-state index in [-0.39, 0.29) is 6.54 Å². The Balaban J connectivity index is 3.10. The number of nitrogens with one attached hydrogen (secondary N) is 1. The summed E-state index contributed by atoms with van der Waals surface area (Å²) in [6, 6.07) is 0.950. The fourth-order valence-corrected chi connectivity index (χ4v) is 1.25. The Morgan fingerprint density at radius 2 is 1.78 bits per heavy atom. The van der Waals surface area contributed by atoms with Crippen LogP contribution in [0.5, 0.6) is 0 Å². The number of aromatic carboxylic acids is 1. The normalized spacial score (nSPS) is 12.0. The molecule has 0 aliphatic rings. The Hall–Kier alpha value is -2.02. The molecule has 1 aromatic rings. The van der Waals surface area contributed by atoms with Crippen LogP contribution >= 0.6 is 0 Å². The lowest BCUT2D eigenvalue weighted by atomic mass is 10.1. The molecule has 1 rings (SSSR count). The summed E-state index contributed by atoms with van der Waals surface area (Å²) in [5.41, 5.74) is -1.14. The van der Waals surface area contributed by atoms with Crippen molar-refractivity contribution in [2.24, 2.45) is 0 Å². The van der Waals surface area contributed by atoms with E-state index < -0.39 is 40.7 Å². The standard InChI is InChI=1S/C11H11F2NO4/c1-5(15)4-14-10(16)6-2-8(12)9(13)3-7(6)11(17)18/h2-3,5,15H,4H2,1H3,(H,14,16)(H,17,18)/t5-/m0/s1. The Morgan fingerprint density at radius 3 is 2.22 bits per heavy atom. The number of halogens is 2. The molecule has 0 saturated carbocycles. The predicted octanol–water partition coefficient (Wildman–Crippen LogP) is 0.774. The van der Waals surface area contributed by atoms with Gasteiger partial charge in [0.1, 0.15) is 0 Å². The number of carbonyl (C=O) groups excluding carboxylic acids is 1. The fourth-order valence-electron chi connectivity index (χ4n) is 1.25. The number of hydrogen-bond acceptors (Lipinski definition) is 3. The van der Waals surface area contributed by atoms with Gasteiger partial charge in [0.25, 0.3) is 5.91 Å². The minimum atomic E-state index is -1.55. The van der Waals surface area contributed by atoms with Crippen LogP contribution in [0.2, 0.25) is 0 Å². The van der Waals surface area contributed by atoms with E-state index in [1.807, 2.05) is 0 Å². The molecular weight excluding hydrogens is 248 g/mol. The first-order valence-electron chi connectivity index (χ1n) is 5.01. The number of aliphatic hydroxyl groups is 1. The monoisotopic (exact) mass is 259 g/mol. The summed E-state index contributed by atoms with van der Waals surface area (Å²) in [6.07, 6.45) is -0.840. The number of rotatable bonds is 4. The van der Waals surface area contributed by atoms with Gasteiger partial charge in [-0.05, 0) is 19.1 Å². The molecule has 0 spiro atoms. The van der Waals surface area contributed by atoms with E-state index in [1.165, 1.54) is 6.92 Å². The van der Waals surface area contributed by atoms with E-state index in [0.717, 1.165) is 0 Å². The van der Waals surface area contributed by atoms with Crippen LogP contribution < -0.4 is 5.32 Å². The molecule has 0 radical (unpaired) electrons. The maximum Gasteiger partial charge on any atom is 0.336 e. The highest BCUT2D eigenvalue weighted by molar-refractivity contribution is 6.04. The molecule has 0 aliphatic heterocycles. The van der Waals surface area contributed by atoms with E-state index in [9.17, 15) is 18.4 Å². The third-order valence-electron chi connectivity index (χ3n) is 2.09. The van der Waals surface area contributed by atoms with Gasteiger partial charge in [-0.2, -0.15) is 0 Å². The van der Waals surface area contributed by atoms with Crippen LogP contribution in [0.4, 0.5) is 8.78 Å². The second kappa shape index (κ2) is 5.54. The number of carboxylic acid groups (broad SMARTS) is 1. The third-order valence-corrected chi connectivity index (χ3v) is 2.09. The Bertz CT molecular complexity index is 488. The van der Waals surface area contributed by atoms with Crippen molar-refractivity contribution in [1.29, 1.82) is 0 Å². The number of carbonyl (C=O) groups is 2. The summed E-state index contributed by atoms with van der Waals surface area (Å²) in [6.45, 7) is 1.28. The molecule has 98 valence electrons. The largest absolute Gasteiger partial charge is 0.478 e. The fraction of sp³-hybridized carbons (Fsp3) is 0.273. The molecule has 0 aliphatic carbocycles. The SMILES string of the molecule is C[C@H](O)CNC(=O)c1cc(F)c(F)cc1C(=O)O. The van der Waals surface area contributed by atoms with E-state index in [1.54, 1.807) is 0 Å². The molecule has 1 amide bonds. The van der Waals surface area contributed by atoms with E-state index >= 15 is 0 Å². The average molecular weight is 259 g/mol. The molecule has 0 aromatic heterocycles. The van der Waals surface area contributed by atoms with Crippen molar-refractivity contribution in [3.05, 3.63) is 34.9 Å². The molecule has 7 heteroatoms. The number of hydrogen-bond donors (Lipinski definition) is 3. The maximum atomic E-state index is 13.0. The minimum Gasteiger partial charge on any atom is -0.478 e. The molecule has 0 saturated heterocycles. The van der Waals surface area contributed by atoms with Crippen LogP contribution in [0.3, 0.4) is 0 Å². The summed E-state index contributed by atoms with van der Waals surface area (Å²) < 4.78 is 25.9. The summed E-state index contributed by atoms with van der Waals surface area (Å²) in [4.78, 5) is 22.4. The molecule has 18 heavy (non-hydrogen) atoms. The number of benzene rings is 1. The van der Waals surface area contributed by atoms with Crippen molar-refractivity contribution in [1.82, 2.24) is 5.32 Å². The smallest absolute Gasteiger partial charge is 0.336 e. The van der Waals surface area contributed by atoms with Gasteiger partial charge in [0, 0.05) is 6.54 Å². The van der Waals surface area contributed by atoms with Gasteiger partial charge in [0.05, 0.1) is 17.2 Å². The Morgan fingerprint density at radius 1 is 1.28 bits per heavy atom. The number of amides is 1. The average Bonchev–Trinajstić information content (AvgIpc) is 2.28. The quantitative estimate of drug-likeness (QED) is 0.745. The first kappa shape index (κ1) is 14.0. The lowest BCUT2D eigenvalue weighted by molar-refractivity contribution is 0.0690. The van der Waals surface area contributed by atoms with Crippen LogP contribution in [0, 0.1) is 11.6 Å². The van der Waals surface area contributed by atoms with E-state index in [2.05, 4.69) is 5.32 Å². The topological polar surface area (TPSA) is 86.6 Å². The summed E-state index contributed by atoms with van der Waals surface area (Å²) >= 11 is 0. The molecule has 0 unspecified atom stereocenters. The molecule has 3 N–H and O–H groups in total. The highest BCUT2D eigenvalue weighted by Crippen LogP contribution is 2.15. The molecule has 0 heterocycles. The molecule has 1 aromatic carbocycles. The van der Waals surface area contributed by atoms with Crippen molar-refractivity contribution in [2.45, 2.75) is 13.0 Å². The molecule has 1 atom stereocenters. The van der Waals surface area contributed by atoms with Crippen molar-refractivity contribution in [3.8, 4) is 0 Å². The van der Waals surface area contributed by atoms with Crippen molar-refractivity contribution in [2.75, 3.05) is 6.54 Å². The van der Waals surface area contributed by atoms with E-state index in [0.29, 0.717) is 12.1 Å². The predicted molar refractivity (Wildman–Crippen MR) is 57.3 cm³/mol. The zero-order valence-corrected chi connectivity index (χ0v) is 9.41. The second-order valence-corrected chi connectivity index (χ2v) is 3.68. The maximum absolute atomic E-state index is 13.0. The van der Waals surface area contributed by atoms with Crippen LogP contribution in [-0.4, -0.2) is 34.7 Å². The first-order chi connectivity index (χ1) is 8.32. The van der Waals surface area contributed by atoms with Gasteiger partial charge in [-0.1, -0.05) is 0 Å². The lowest BCUT2D eigenvalue weighted by Crippen LogP contribution is -2.31. The Labute approximate surface area is 101 Å². The van der Waals surface area contributed by atoms with E-state index in [4.69, 9.17) is 10.2 Å². The zero-order chi connectivity index (χ0) is 13.9. The van der Waals surface area contributed by atoms with Gasteiger partial charge in [0.15, 0.2) is 11.6 Å². The highest BCUT2D eigenvalue weighted by Gasteiger charge is 2.20. The molecule has 0 bridgehead atoms. The summed E-state index contributed by atoms with van der Waals surface area (Å²) in [5, 5.41) is 19.9. The van der Waals surface area contributed by atoms with Gasteiger partial charge in [-0.3, -0.25) is 4.79 Å². The van der Waals surface area contributed by atoms with Crippen LogP contribution in [0.25, 0.3) is 0 Å². The highest BCUT2D eigenvalue weighted by atomic mass is 19.2. The Kier molecular flexibility index (Phi) is 4.33. The van der Waals surface area contributed by atoms with Crippen LogP contribution in [-0.2, 0) is 0 Å². The van der Waals surface area contributed by atoms with Gasteiger partial charge < -0.3 is 15.5 Å². The second-order valence-electron chi connectivity index (χ2n) is 3.68. The minimum absolute atomic E-state index is 0.128. The summed E-state index contributed by atoms with van der Waals surface area (Å²) in [5.74, 6) is -5.11. The zero-order valence-electron chi connectivity index (χ0n) is 9.41. The van der Waals surface area contributed by atoms with Crippen LogP contribution in [0.1, 0.15) is 27.6 Å². The van der Waals surface area contributed by atoms with Gasteiger partial charge in [-0.25, -0.2) is 13.6 Å². The molecule has 0 fully saturated rings. The number of carboxylic acids is 1. The van der Waals surface area contributed by atoms with Crippen molar-refractivity contribution >= 4 is 11.9 Å². The van der Waals surface area contributed by atoms with Crippen molar-refractivity contribution < 1.29 is 28.6 Å². The molecular formula is C11H11F2NO4. The number of aliphatic hydroxyl groups excluding tert-OH is 1. The van der Waals surface area contributed by atoms with Gasteiger partial charge in [0.2, 0.25) is 0 Å². The molecule has 5 nitrogen and oxygen atoms in total. The first-order valence-corrected chi connectivity index (χ1v) is 5.01. The lowest BCUT2D eigenvalue weighted by Gasteiger charge is -2.09. The summed E-state index contributed by atoms with van der Waals surface area (Å²) in [7, 11) is 0. The van der Waals surface area contributed by atoms with Crippen molar-refractivity contribution in [3.63, 3.8) is 0 Å². The van der Waals surface area contributed by atoms with Gasteiger partial charge in [-0.15, -0.1) is 0 Å². The van der Waals surface area contributed by atoms with Gasteiger partial charge >= 0.3 is 5.97 Å². The van der Waals surface area contributed by atoms with Crippen LogP contribution in [0.15, 0.2) is 12.1 Å².